The summed E-state index contributed by atoms with van der Waals surface area (Å²) in [6.07, 6.45) is 0.734. The fraction of sp³-hybridized carbons (Fsp3) is 0.208. The van der Waals surface area contributed by atoms with E-state index in [1.54, 1.807) is 67.8 Å². The van der Waals surface area contributed by atoms with Crippen molar-refractivity contribution in [2.45, 2.75) is 17.7 Å². The van der Waals surface area contributed by atoms with Crippen molar-refractivity contribution in [2.24, 2.45) is 0 Å². The van der Waals surface area contributed by atoms with Gasteiger partial charge in [0.1, 0.15) is 17.2 Å². The monoisotopic (exact) mass is 470 g/mol. The Hall–Kier alpha value is -3.72. The zero-order chi connectivity index (χ0) is 23.7. The highest BCUT2D eigenvalue weighted by Crippen LogP contribution is 2.27. The van der Waals surface area contributed by atoms with Gasteiger partial charge in [-0.1, -0.05) is 18.2 Å². The van der Waals surface area contributed by atoms with E-state index in [4.69, 9.17) is 14.2 Å². The summed E-state index contributed by atoms with van der Waals surface area (Å²) in [4.78, 5) is 12.3. The van der Waals surface area contributed by atoms with Crippen molar-refractivity contribution < 1.29 is 27.4 Å². The first-order chi connectivity index (χ1) is 15.9. The molecule has 0 heterocycles. The molecule has 3 aromatic rings. The summed E-state index contributed by atoms with van der Waals surface area (Å²) in [5.41, 5.74) is 0.713. The van der Waals surface area contributed by atoms with Crippen molar-refractivity contribution in [3.63, 3.8) is 0 Å². The molecule has 33 heavy (non-hydrogen) atoms. The first kappa shape index (κ1) is 23.9. The maximum absolute atomic E-state index is 12.8. The summed E-state index contributed by atoms with van der Waals surface area (Å²) < 4.78 is 44.0. The number of hydrogen-bond acceptors (Lipinski definition) is 6. The predicted molar refractivity (Wildman–Crippen MR) is 127 cm³/mol. The van der Waals surface area contributed by atoms with Crippen LogP contribution in [0.15, 0.2) is 77.7 Å². The minimum atomic E-state index is -3.87. The Balaban J connectivity index is 1.53. The molecule has 0 unspecified atom stereocenters. The Morgan fingerprint density at radius 2 is 1.61 bits per heavy atom. The van der Waals surface area contributed by atoms with Crippen LogP contribution in [0.2, 0.25) is 0 Å². The van der Waals surface area contributed by atoms with Gasteiger partial charge in [0, 0.05) is 12.1 Å². The van der Waals surface area contributed by atoms with Gasteiger partial charge in [0.05, 0.1) is 31.4 Å². The van der Waals surface area contributed by atoms with Crippen LogP contribution in [-0.2, 0) is 14.8 Å². The van der Waals surface area contributed by atoms with Crippen LogP contribution in [0.25, 0.3) is 0 Å². The molecule has 0 bridgehead atoms. The number of rotatable bonds is 11. The molecule has 174 valence electrons. The van der Waals surface area contributed by atoms with Crippen molar-refractivity contribution in [1.82, 2.24) is 0 Å². The average Bonchev–Trinajstić information content (AvgIpc) is 2.82. The van der Waals surface area contributed by atoms with E-state index in [1.807, 2.05) is 0 Å². The molecule has 0 aromatic heterocycles. The fourth-order valence-corrected chi connectivity index (χ4v) is 4.11. The zero-order valence-corrected chi connectivity index (χ0v) is 19.2. The van der Waals surface area contributed by atoms with Crippen LogP contribution >= 0.6 is 0 Å². The topological polar surface area (TPSA) is 103 Å². The Morgan fingerprint density at radius 1 is 0.879 bits per heavy atom. The van der Waals surface area contributed by atoms with E-state index >= 15 is 0 Å². The standard InChI is InChI=1S/C24H26N2O6S/c1-30-19-12-14-20(15-13-19)32-16-6-11-24(27)25-18-7-5-8-21(17-18)33(28,29)26-22-9-3-4-10-23(22)31-2/h3-5,7-10,12-15,17,26H,6,11,16H2,1-2H3,(H,25,27). The van der Waals surface area contributed by atoms with Gasteiger partial charge in [0.25, 0.3) is 10.0 Å². The number of benzene rings is 3. The molecule has 0 saturated carbocycles. The van der Waals surface area contributed by atoms with E-state index in [2.05, 4.69) is 10.0 Å². The molecule has 1 amide bonds. The summed E-state index contributed by atoms with van der Waals surface area (Å²) in [6, 6.07) is 20.0. The molecule has 0 saturated heterocycles. The lowest BCUT2D eigenvalue weighted by Crippen LogP contribution is -2.15. The highest BCUT2D eigenvalue weighted by atomic mass is 32.2. The second kappa shape index (κ2) is 11.2. The van der Waals surface area contributed by atoms with E-state index in [1.165, 1.54) is 19.2 Å². The number of nitrogens with one attached hydrogen (secondary N) is 2. The third-order valence-corrected chi connectivity index (χ3v) is 6.02. The Kier molecular flexibility index (Phi) is 8.15. The van der Waals surface area contributed by atoms with Gasteiger partial charge in [-0.3, -0.25) is 9.52 Å². The van der Waals surface area contributed by atoms with E-state index in [9.17, 15) is 13.2 Å². The molecular formula is C24H26N2O6S. The number of anilines is 2. The Morgan fingerprint density at radius 3 is 2.33 bits per heavy atom. The predicted octanol–water partition coefficient (Wildman–Crippen LogP) is 4.30. The van der Waals surface area contributed by atoms with E-state index in [0.717, 1.165) is 5.75 Å². The Labute approximate surface area is 193 Å². The normalized spacial score (nSPS) is 10.8. The molecule has 0 aliphatic heterocycles. The van der Waals surface area contributed by atoms with Gasteiger partial charge in [-0.15, -0.1) is 0 Å². The van der Waals surface area contributed by atoms with Gasteiger partial charge in [0.15, 0.2) is 0 Å². The van der Waals surface area contributed by atoms with Crippen LogP contribution in [-0.4, -0.2) is 35.2 Å². The summed E-state index contributed by atoms with van der Waals surface area (Å²) in [7, 11) is -0.814. The fourth-order valence-electron chi connectivity index (χ4n) is 2.99. The molecule has 3 aromatic carbocycles. The Bertz CT molecular complexity index is 1180. The van der Waals surface area contributed by atoms with Crippen molar-refractivity contribution in [2.75, 3.05) is 30.9 Å². The molecule has 0 atom stereocenters. The number of sulfonamides is 1. The lowest BCUT2D eigenvalue weighted by atomic mass is 10.2. The van der Waals surface area contributed by atoms with Gasteiger partial charge in [-0.25, -0.2) is 8.42 Å². The van der Waals surface area contributed by atoms with Crippen LogP contribution < -0.4 is 24.2 Å². The van der Waals surface area contributed by atoms with E-state index in [0.29, 0.717) is 35.9 Å². The molecule has 3 rings (SSSR count). The highest BCUT2D eigenvalue weighted by Gasteiger charge is 2.17. The van der Waals surface area contributed by atoms with Gasteiger partial charge in [-0.05, 0) is 61.0 Å². The molecular weight excluding hydrogens is 444 g/mol. The molecule has 0 spiro atoms. The van der Waals surface area contributed by atoms with E-state index < -0.39 is 10.0 Å². The van der Waals surface area contributed by atoms with Crippen molar-refractivity contribution in [1.29, 1.82) is 0 Å². The number of carbonyl (C=O) groups is 1. The third kappa shape index (κ3) is 6.88. The first-order valence-corrected chi connectivity index (χ1v) is 11.7. The number of ether oxygens (including phenoxy) is 3. The quantitative estimate of drug-likeness (QED) is 0.405. The SMILES string of the molecule is COc1ccc(OCCCC(=O)Nc2cccc(S(=O)(=O)Nc3ccccc3OC)c2)cc1. The summed E-state index contributed by atoms with van der Waals surface area (Å²) >= 11 is 0. The zero-order valence-electron chi connectivity index (χ0n) is 18.4. The van der Waals surface area contributed by atoms with Crippen molar-refractivity contribution in [3.8, 4) is 17.2 Å². The molecule has 0 aliphatic carbocycles. The molecule has 8 nitrogen and oxygen atoms in total. The number of carbonyl (C=O) groups excluding carboxylic acids is 1. The summed E-state index contributed by atoms with van der Waals surface area (Å²) in [5, 5.41) is 2.73. The van der Waals surface area contributed by atoms with Crippen LogP contribution in [0.3, 0.4) is 0 Å². The third-order valence-electron chi connectivity index (χ3n) is 4.66. The summed E-state index contributed by atoms with van der Waals surface area (Å²) in [6.45, 7) is 0.372. The largest absolute Gasteiger partial charge is 0.497 e. The molecule has 0 radical (unpaired) electrons. The van der Waals surface area contributed by atoms with Gasteiger partial charge in [-0.2, -0.15) is 0 Å². The maximum atomic E-state index is 12.8. The summed E-state index contributed by atoms with van der Waals surface area (Å²) in [5.74, 6) is 1.60. The van der Waals surface area contributed by atoms with Gasteiger partial charge >= 0.3 is 0 Å². The lowest BCUT2D eigenvalue weighted by Gasteiger charge is -2.12. The number of amides is 1. The molecule has 2 N–H and O–H groups in total. The minimum absolute atomic E-state index is 0.0223. The lowest BCUT2D eigenvalue weighted by molar-refractivity contribution is -0.116. The van der Waals surface area contributed by atoms with Crippen molar-refractivity contribution in [3.05, 3.63) is 72.8 Å². The minimum Gasteiger partial charge on any atom is -0.497 e. The number of hydrogen-bond donors (Lipinski definition) is 2. The molecule has 0 fully saturated rings. The molecule has 9 heteroatoms. The first-order valence-electron chi connectivity index (χ1n) is 10.2. The smallest absolute Gasteiger partial charge is 0.262 e. The molecule has 0 aliphatic rings. The van der Waals surface area contributed by atoms with Crippen LogP contribution in [0, 0.1) is 0 Å². The van der Waals surface area contributed by atoms with Crippen molar-refractivity contribution >= 4 is 27.3 Å². The van der Waals surface area contributed by atoms with Crippen LogP contribution in [0.1, 0.15) is 12.8 Å². The van der Waals surface area contributed by atoms with Crippen LogP contribution in [0.4, 0.5) is 11.4 Å². The number of para-hydroxylation sites is 2. The van der Waals surface area contributed by atoms with Crippen LogP contribution in [0.5, 0.6) is 17.2 Å². The van der Waals surface area contributed by atoms with Gasteiger partial charge < -0.3 is 19.5 Å². The average molecular weight is 471 g/mol. The maximum Gasteiger partial charge on any atom is 0.262 e. The second-order valence-corrected chi connectivity index (χ2v) is 8.69. The van der Waals surface area contributed by atoms with E-state index in [-0.39, 0.29) is 17.2 Å². The number of methoxy groups -OCH3 is 2. The second-order valence-electron chi connectivity index (χ2n) is 7.01. The highest BCUT2D eigenvalue weighted by molar-refractivity contribution is 7.92. The van der Waals surface area contributed by atoms with Gasteiger partial charge in [0.2, 0.25) is 5.91 Å².